The van der Waals surface area contributed by atoms with Gasteiger partial charge in [0, 0.05) is 12.8 Å². The summed E-state index contributed by atoms with van der Waals surface area (Å²) in [5.41, 5.74) is 0.769. The Morgan fingerprint density at radius 1 is 1.32 bits per heavy atom. The number of phenolic OH excluding ortho intramolecular Hbond substituents is 1. The van der Waals surface area contributed by atoms with Crippen LogP contribution < -0.4 is 0 Å². The number of carbonyl (C=O) groups excluding carboxylic acids is 2. The Labute approximate surface area is 112 Å². The van der Waals surface area contributed by atoms with Gasteiger partial charge < -0.3 is 9.84 Å². The Balaban J connectivity index is 2.77. The molecule has 0 atom stereocenters. The highest BCUT2D eigenvalue weighted by atomic mass is 16.5. The first-order valence-electron chi connectivity index (χ1n) is 6.15. The van der Waals surface area contributed by atoms with E-state index < -0.39 is 5.97 Å². The molecule has 1 aromatic rings. The molecule has 0 spiro atoms. The molecule has 0 aliphatic heterocycles. The van der Waals surface area contributed by atoms with Crippen LogP contribution in [0.3, 0.4) is 0 Å². The van der Waals surface area contributed by atoms with E-state index in [2.05, 4.69) is 4.74 Å². The van der Waals surface area contributed by atoms with Crippen LogP contribution in [0.15, 0.2) is 30.4 Å². The number of allylic oxidation sites excluding steroid dienone is 2. The summed E-state index contributed by atoms with van der Waals surface area (Å²) in [6.07, 6.45) is 5.29. The lowest BCUT2D eigenvalue weighted by atomic mass is 10.0. The molecule has 0 aliphatic carbocycles. The highest BCUT2D eigenvalue weighted by Crippen LogP contribution is 2.20. The van der Waals surface area contributed by atoms with Crippen LogP contribution in [0, 0.1) is 0 Å². The van der Waals surface area contributed by atoms with Crippen LogP contribution >= 0.6 is 0 Å². The van der Waals surface area contributed by atoms with Crippen molar-refractivity contribution in [3.8, 4) is 5.75 Å². The van der Waals surface area contributed by atoms with Gasteiger partial charge in [-0.25, -0.2) is 4.79 Å². The Bertz CT molecular complexity index is 489. The number of ether oxygens (including phenoxy) is 1. The number of rotatable bonds is 6. The number of Topliss-reactive ketones (excluding diaryl/α,β-unsaturated/α-hetero) is 1. The van der Waals surface area contributed by atoms with Gasteiger partial charge in [0.05, 0.1) is 7.11 Å². The minimum atomic E-state index is -0.613. The van der Waals surface area contributed by atoms with E-state index in [9.17, 15) is 14.7 Å². The summed E-state index contributed by atoms with van der Waals surface area (Å²) in [5.74, 6) is -0.696. The minimum Gasteiger partial charge on any atom is -0.507 e. The van der Waals surface area contributed by atoms with Crippen molar-refractivity contribution in [3.05, 3.63) is 41.5 Å². The fourth-order valence-electron chi connectivity index (χ4n) is 1.65. The molecule has 0 saturated heterocycles. The number of benzene rings is 1. The fraction of sp³-hybridized carbons (Fsp3) is 0.333. The highest BCUT2D eigenvalue weighted by molar-refractivity contribution is 5.93. The zero-order chi connectivity index (χ0) is 14.3. The van der Waals surface area contributed by atoms with Crippen LogP contribution in [0.25, 0.3) is 0 Å². The third kappa shape index (κ3) is 4.58. The van der Waals surface area contributed by atoms with Crippen LogP contribution in [0.4, 0.5) is 0 Å². The molecular weight excluding hydrogens is 244 g/mol. The minimum absolute atomic E-state index is 0.0613. The quantitative estimate of drug-likeness (QED) is 0.632. The van der Waals surface area contributed by atoms with Gasteiger partial charge in [0.15, 0.2) is 0 Å². The molecule has 0 amide bonds. The molecule has 0 heterocycles. The Morgan fingerprint density at radius 2 is 2.05 bits per heavy atom. The second kappa shape index (κ2) is 7.36. The molecule has 102 valence electrons. The van der Waals surface area contributed by atoms with Crippen molar-refractivity contribution in [1.82, 2.24) is 0 Å². The standard InChI is InChI=1S/C15H18O4/c1-3-4-5-6-12(16)9-11-7-8-14(17)13(10-11)15(18)19-2/h4-5,7-8,10,17H,3,6,9H2,1-2H3/b5-4-. The Morgan fingerprint density at radius 3 is 2.68 bits per heavy atom. The van der Waals surface area contributed by atoms with E-state index in [1.54, 1.807) is 6.07 Å². The van der Waals surface area contributed by atoms with Crippen LogP contribution in [-0.4, -0.2) is 24.0 Å². The fourth-order valence-corrected chi connectivity index (χ4v) is 1.65. The lowest BCUT2D eigenvalue weighted by Gasteiger charge is -2.05. The maximum absolute atomic E-state index is 11.7. The predicted molar refractivity (Wildman–Crippen MR) is 72.2 cm³/mol. The van der Waals surface area contributed by atoms with Crippen LogP contribution in [0.2, 0.25) is 0 Å². The van der Waals surface area contributed by atoms with Crippen LogP contribution in [-0.2, 0) is 16.0 Å². The summed E-state index contributed by atoms with van der Waals surface area (Å²) in [6, 6.07) is 4.52. The van der Waals surface area contributed by atoms with Gasteiger partial charge in [-0.15, -0.1) is 0 Å². The Hall–Kier alpha value is -2.10. The summed E-state index contributed by atoms with van der Waals surface area (Å²) >= 11 is 0. The third-order valence-corrected chi connectivity index (χ3v) is 2.62. The molecule has 19 heavy (non-hydrogen) atoms. The van der Waals surface area contributed by atoms with Gasteiger partial charge >= 0.3 is 5.97 Å². The van der Waals surface area contributed by atoms with E-state index in [4.69, 9.17) is 0 Å². The Kier molecular flexibility index (Phi) is 5.79. The van der Waals surface area contributed by atoms with Crippen molar-refractivity contribution in [2.75, 3.05) is 7.11 Å². The zero-order valence-electron chi connectivity index (χ0n) is 11.2. The number of carbonyl (C=O) groups is 2. The maximum Gasteiger partial charge on any atom is 0.341 e. The molecule has 4 nitrogen and oxygen atoms in total. The second-order valence-electron chi connectivity index (χ2n) is 4.14. The number of esters is 1. The van der Waals surface area contributed by atoms with Gasteiger partial charge in [0.1, 0.15) is 17.1 Å². The van der Waals surface area contributed by atoms with Gasteiger partial charge in [-0.2, -0.15) is 0 Å². The molecule has 0 aliphatic rings. The summed E-state index contributed by atoms with van der Waals surface area (Å²) < 4.78 is 4.56. The molecule has 0 bridgehead atoms. The first kappa shape index (κ1) is 15.0. The normalized spacial score (nSPS) is 10.6. The number of hydrogen-bond donors (Lipinski definition) is 1. The van der Waals surface area contributed by atoms with E-state index in [1.165, 1.54) is 19.2 Å². The van der Waals surface area contributed by atoms with E-state index in [0.717, 1.165) is 6.42 Å². The monoisotopic (exact) mass is 262 g/mol. The summed E-state index contributed by atoms with van der Waals surface area (Å²) in [6.45, 7) is 2.00. The third-order valence-electron chi connectivity index (χ3n) is 2.62. The van der Waals surface area contributed by atoms with Crippen molar-refractivity contribution < 1.29 is 19.4 Å². The van der Waals surface area contributed by atoms with Gasteiger partial charge in [-0.3, -0.25) is 4.79 Å². The van der Waals surface area contributed by atoms with Crippen molar-refractivity contribution in [2.45, 2.75) is 26.2 Å². The maximum atomic E-state index is 11.7. The average Bonchev–Trinajstić information content (AvgIpc) is 2.40. The number of methoxy groups -OCH3 is 1. The lowest BCUT2D eigenvalue weighted by molar-refractivity contribution is -0.117. The molecular formula is C15H18O4. The number of ketones is 1. The molecule has 4 heteroatoms. The molecule has 1 N–H and O–H groups in total. The summed E-state index contributed by atoms with van der Waals surface area (Å²) in [7, 11) is 1.25. The molecule has 0 unspecified atom stereocenters. The summed E-state index contributed by atoms with van der Waals surface area (Å²) in [5, 5.41) is 9.55. The van der Waals surface area contributed by atoms with Crippen molar-refractivity contribution >= 4 is 11.8 Å². The largest absolute Gasteiger partial charge is 0.507 e. The number of phenols is 1. The smallest absolute Gasteiger partial charge is 0.341 e. The van der Waals surface area contributed by atoms with Crippen LogP contribution in [0.1, 0.15) is 35.7 Å². The van der Waals surface area contributed by atoms with Crippen molar-refractivity contribution in [3.63, 3.8) is 0 Å². The van der Waals surface area contributed by atoms with Gasteiger partial charge in [0.2, 0.25) is 0 Å². The summed E-state index contributed by atoms with van der Waals surface area (Å²) in [4.78, 5) is 23.1. The molecule has 1 rings (SSSR count). The van der Waals surface area contributed by atoms with E-state index in [0.29, 0.717) is 12.0 Å². The molecule has 0 saturated carbocycles. The SMILES string of the molecule is CC/C=C\CC(=O)Cc1ccc(O)c(C(=O)OC)c1. The molecule has 0 fully saturated rings. The highest BCUT2D eigenvalue weighted by Gasteiger charge is 2.13. The first-order chi connectivity index (χ1) is 9.08. The van der Waals surface area contributed by atoms with Gasteiger partial charge in [-0.1, -0.05) is 25.1 Å². The van der Waals surface area contributed by atoms with E-state index >= 15 is 0 Å². The van der Waals surface area contributed by atoms with E-state index in [-0.39, 0.29) is 23.5 Å². The molecule has 0 radical (unpaired) electrons. The van der Waals surface area contributed by atoms with E-state index in [1.807, 2.05) is 19.1 Å². The molecule has 0 aromatic heterocycles. The van der Waals surface area contributed by atoms with Crippen LogP contribution in [0.5, 0.6) is 5.75 Å². The molecule has 1 aromatic carbocycles. The number of hydrogen-bond acceptors (Lipinski definition) is 4. The second-order valence-corrected chi connectivity index (χ2v) is 4.14. The van der Waals surface area contributed by atoms with Crippen molar-refractivity contribution in [2.24, 2.45) is 0 Å². The van der Waals surface area contributed by atoms with Gasteiger partial charge in [0.25, 0.3) is 0 Å². The number of aromatic hydroxyl groups is 1. The predicted octanol–water partition coefficient (Wildman–Crippen LogP) is 2.65. The topological polar surface area (TPSA) is 63.6 Å². The average molecular weight is 262 g/mol. The van der Waals surface area contributed by atoms with Gasteiger partial charge in [-0.05, 0) is 24.1 Å². The van der Waals surface area contributed by atoms with Crippen molar-refractivity contribution in [1.29, 1.82) is 0 Å². The first-order valence-corrected chi connectivity index (χ1v) is 6.15. The lowest BCUT2D eigenvalue weighted by Crippen LogP contribution is -2.05. The zero-order valence-corrected chi connectivity index (χ0v) is 11.2.